The van der Waals surface area contributed by atoms with E-state index < -0.39 is 72.7 Å². The zero-order chi connectivity index (χ0) is 21.3. The van der Waals surface area contributed by atoms with Gasteiger partial charge in [0.1, 0.15) is 0 Å². The van der Waals surface area contributed by atoms with E-state index >= 15 is 0 Å². The molecular weight excluding hydrogens is 430 g/mol. The number of hydrogen-bond donors (Lipinski definition) is 6. The molecule has 16 heteroatoms. The molecule has 0 aliphatic carbocycles. The van der Waals surface area contributed by atoms with Gasteiger partial charge in [0.15, 0.2) is 11.2 Å². The van der Waals surface area contributed by atoms with Crippen molar-refractivity contribution < 1.29 is 151 Å². The molecule has 0 saturated carbocycles. The summed E-state index contributed by atoms with van der Waals surface area (Å²) < 4.78 is 0. The van der Waals surface area contributed by atoms with Gasteiger partial charge in [0.05, 0.1) is 12.8 Å². The average molecular weight is 444 g/mol. The molecule has 148 valence electrons. The predicted octanol–water partition coefficient (Wildman–Crippen LogP) is -11.2. The first-order valence-electron chi connectivity index (χ1n) is 6.30. The Labute approximate surface area is 220 Å². The van der Waals surface area contributed by atoms with Crippen LogP contribution in [0.5, 0.6) is 0 Å². The number of hydrogen-bond acceptors (Lipinski definition) is 10. The second kappa shape index (κ2) is 15.2. The van der Waals surface area contributed by atoms with Gasteiger partial charge in [-0.15, -0.1) is 0 Å². The van der Waals surface area contributed by atoms with Crippen LogP contribution in [-0.2, 0) is 28.8 Å². The molecule has 0 aliphatic heterocycles. The van der Waals surface area contributed by atoms with Crippen molar-refractivity contribution in [2.24, 2.45) is 0 Å². The fourth-order valence-corrected chi connectivity index (χ4v) is 1.41. The van der Waals surface area contributed by atoms with Crippen LogP contribution in [0.4, 0.5) is 0 Å². The fourth-order valence-electron chi connectivity index (χ4n) is 1.41. The van der Waals surface area contributed by atoms with Crippen molar-refractivity contribution >= 4 is 35.8 Å². The van der Waals surface area contributed by atoms with Gasteiger partial charge in [0.25, 0.3) is 0 Å². The molecule has 0 aromatic carbocycles. The summed E-state index contributed by atoms with van der Waals surface area (Å²) in [4.78, 5) is 60.7. The third kappa shape index (κ3) is 15.3. The summed E-state index contributed by atoms with van der Waals surface area (Å²) in [6.45, 7) is 0. The van der Waals surface area contributed by atoms with Crippen LogP contribution in [0.3, 0.4) is 0 Å². The van der Waals surface area contributed by atoms with Gasteiger partial charge in [-0.2, -0.15) is 0 Å². The van der Waals surface area contributed by atoms with E-state index in [-0.39, 0.29) is 80.9 Å². The minimum absolute atomic E-state index is 0. The second-order valence-electron chi connectivity index (χ2n) is 4.91. The molecule has 0 aliphatic rings. The van der Waals surface area contributed by atoms with E-state index in [1.54, 1.807) is 0 Å². The SMILES string of the molecule is O=C(O)CC(O)(CC(=O)O)C(=O)O.O=C([O-])CC(O)(CC(=O)[O-])C(=O)O.[K+].[Na+]. The summed E-state index contributed by atoms with van der Waals surface area (Å²) in [5.41, 5.74) is -5.60. The van der Waals surface area contributed by atoms with Crippen molar-refractivity contribution in [3.8, 4) is 0 Å². The van der Waals surface area contributed by atoms with Gasteiger partial charge < -0.3 is 50.4 Å². The Bertz CT molecular complexity index is 519. The minimum atomic E-state index is -2.86. The molecule has 0 spiro atoms. The predicted molar refractivity (Wildman–Crippen MR) is 68.9 cm³/mol. The van der Waals surface area contributed by atoms with E-state index in [1.165, 1.54) is 0 Å². The molecule has 0 rings (SSSR count). The van der Waals surface area contributed by atoms with E-state index in [0.717, 1.165) is 0 Å². The maximum absolute atomic E-state index is 10.3. The van der Waals surface area contributed by atoms with Gasteiger partial charge >= 0.3 is 105 Å². The molecular formula is C12H14KNaO14. The third-order valence-corrected chi connectivity index (χ3v) is 2.56. The Kier molecular flexibility index (Phi) is 19.0. The number of carboxylic acid groups (broad SMARTS) is 6. The van der Waals surface area contributed by atoms with Gasteiger partial charge in [-0.25, -0.2) is 9.59 Å². The number of carbonyl (C=O) groups is 6. The van der Waals surface area contributed by atoms with Gasteiger partial charge in [-0.3, -0.25) is 9.59 Å². The Morgan fingerprint density at radius 2 is 0.821 bits per heavy atom. The van der Waals surface area contributed by atoms with Crippen molar-refractivity contribution in [1.29, 1.82) is 0 Å². The van der Waals surface area contributed by atoms with Crippen LogP contribution in [0.2, 0.25) is 0 Å². The molecule has 0 aromatic heterocycles. The summed E-state index contributed by atoms with van der Waals surface area (Å²) in [5.74, 6) is -10.7. The summed E-state index contributed by atoms with van der Waals surface area (Å²) in [6.07, 6.45) is -4.88. The Morgan fingerprint density at radius 1 is 0.607 bits per heavy atom. The van der Waals surface area contributed by atoms with Crippen LogP contribution in [-0.4, -0.2) is 77.7 Å². The number of rotatable bonds is 10. The van der Waals surface area contributed by atoms with Crippen LogP contribution < -0.4 is 91.2 Å². The first-order chi connectivity index (χ1) is 11.6. The maximum atomic E-state index is 10.3. The molecule has 0 fully saturated rings. The third-order valence-electron chi connectivity index (χ3n) is 2.56. The first-order valence-corrected chi connectivity index (χ1v) is 6.30. The Balaban J connectivity index is -0.000000192. The van der Waals surface area contributed by atoms with Crippen LogP contribution >= 0.6 is 0 Å². The largest absolute Gasteiger partial charge is 1.00 e. The van der Waals surface area contributed by atoms with E-state index in [1.807, 2.05) is 0 Å². The fraction of sp³-hybridized carbons (Fsp3) is 0.500. The van der Waals surface area contributed by atoms with Gasteiger partial charge in [-0.1, -0.05) is 0 Å². The summed E-state index contributed by atoms with van der Waals surface area (Å²) in [5, 5.41) is 71.0. The molecule has 0 unspecified atom stereocenters. The molecule has 0 atom stereocenters. The number of aliphatic hydroxyl groups is 2. The van der Waals surface area contributed by atoms with Crippen molar-refractivity contribution in [1.82, 2.24) is 0 Å². The first kappa shape index (κ1) is 34.9. The molecule has 0 amide bonds. The summed E-state index contributed by atoms with van der Waals surface area (Å²) in [7, 11) is 0. The quantitative estimate of drug-likeness (QED) is 0.171. The molecule has 0 radical (unpaired) electrons. The van der Waals surface area contributed by atoms with Gasteiger partial charge in [-0.05, 0) is 0 Å². The molecule has 0 heterocycles. The molecule has 28 heavy (non-hydrogen) atoms. The van der Waals surface area contributed by atoms with Crippen LogP contribution in [0, 0.1) is 0 Å². The minimum Gasteiger partial charge on any atom is -0.550 e. The normalized spacial score (nSPS) is 10.1. The summed E-state index contributed by atoms with van der Waals surface area (Å²) in [6, 6.07) is 0. The zero-order valence-electron chi connectivity index (χ0n) is 14.8. The van der Waals surface area contributed by atoms with Gasteiger partial charge in [0, 0.05) is 24.8 Å². The second-order valence-corrected chi connectivity index (χ2v) is 4.91. The van der Waals surface area contributed by atoms with Crippen molar-refractivity contribution in [3.05, 3.63) is 0 Å². The van der Waals surface area contributed by atoms with Gasteiger partial charge in [0.2, 0.25) is 0 Å². The topological polar surface area (TPSA) is 270 Å². The number of carboxylic acids is 6. The van der Waals surface area contributed by atoms with Crippen molar-refractivity contribution in [3.63, 3.8) is 0 Å². The Morgan fingerprint density at radius 3 is 0.964 bits per heavy atom. The smallest absolute Gasteiger partial charge is 0.550 e. The molecule has 14 nitrogen and oxygen atoms in total. The van der Waals surface area contributed by atoms with Crippen LogP contribution in [0.15, 0.2) is 0 Å². The average Bonchev–Trinajstić information content (AvgIpc) is 2.34. The zero-order valence-corrected chi connectivity index (χ0v) is 19.9. The van der Waals surface area contributed by atoms with E-state index in [0.29, 0.717) is 0 Å². The monoisotopic (exact) mass is 444 g/mol. The number of aliphatic carboxylic acids is 6. The van der Waals surface area contributed by atoms with E-state index in [9.17, 15) is 39.0 Å². The van der Waals surface area contributed by atoms with E-state index in [4.69, 9.17) is 30.6 Å². The molecule has 0 aromatic rings. The van der Waals surface area contributed by atoms with Crippen molar-refractivity contribution in [2.75, 3.05) is 0 Å². The van der Waals surface area contributed by atoms with E-state index in [2.05, 4.69) is 0 Å². The maximum Gasteiger partial charge on any atom is 1.00 e. The number of carbonyl (C=O) groups excluding carboxylic acids is 2. The standard InChI is InChI=1S/2C6H8O7.K.Na/c2*7-3(8)1-6(13,5(11)12)2-4(9)10;;/h2*13H,1-2H2,(H,7,8)(H,9,10)(H,11,12);;/q;;2*+1/p-2. The molecule has 0 saturated heterocycles. The molecule has 6 N–H and O–H groups in total. The Hall–Kier alpha value is -0.624. The van der Waals surface area contributed by atoms with Crippen molar-refractivity contribution in [2.45, 2.75) is 36.9 Å². The van der Waals surface area contributed by atoms with Crippen LogP contribution in [0.1, 0.15) is 25.7 Å². The molecule has 0 bridgehead atoms. The van der Waals surface area contributed by atoms with Crippen LogP contribution in [0.25, 0.3) is 0 Å². The summed E-state index contributed by atoms with van der Waals surface area (Å²) >= 11 is 0.